The molecule has 0 radical (unpaired) electrons. The van der Waals surface area contributed by atoms with Crippen molar-refractivity contribution in [1.29, 1.82) is 0 Å². The topological polar surface area (TPSA) is 102 Å². The second-order valence-electron chi connectivity index (χ2n) is 5.45. The average Bonchev–Trinajstić information content (AvgIpc) is 2.62. The van der Waals surface area contributed by atoms with E-state index < -0.39 is 17.5 Å². The maximum Gasteiger partial charge on any atom is 0.308 e. The van der Waals surface area contributed by atoms with Crippen molar-refractivity contribution in [2.45, 2.75) is 20.3 Å². The molecule has 0 spiro atoms. The van der Waals surface area contributed by atoms with E-state index in [1.807, 2.05) is 0 Å². The predicted octanol–water partition coefficient (Wildman–Crippen LogP) is 2.83. The number of carbonyl (C=O) groups excluding carboxylic acids is 2. The summed E-state index contributed by atoms with van der Waals surface area (Å²) in [5.74, 6) is -1.70. The number of carbonyl (C=O) groups is 2. The Morgan fingerprint density at radius 3 is 2.15 bits per heavy atom. The Kier molecular flexibility index (Phi) is 5.71. The van der Waals surface area contributed by atoms with Gasteiger partial charge in [-0.3, -0.25) is 9.59 Å². The molecule has 0 aromatic heterocycles. The molecule has 7 nitrogen and oxygen atoms in total. The van der Waals surface area contributed by atoms with Crippen molar-refractivity contribution in [3.05, 3.63) is 41.0 Å². The summed E-state index contributed by atoms with van der Waals surface area (Å²) in [4.78, 5) is 24.1. The van der Waals surface area contributed by atoms with E-state index >= 15 is 0 Å². The summed E-state index contributed by atoms with van der Waals surface area (Å²) in [5, 5.41) is 20.8. The molecule has 2 rings (SSSR count). The minimum atomic E-state index is -0.655. The molecule has 0 saturated heterocycles. The van der Waals surface area contributed by atoms with Crippen molar-refractivity contribution in [3.63, 3.8) is 0 Å². The van der Waals surface area contributed by atoms with Crippen LogP contribution in [-0.4, -0.2) is 36.2 Å². The van der Waals surface area contributed by atoms with Crippen LogP contribution in [0.3, 0.4) is 0 Å². The second-order valence-corrected chi connectivity index (χ2v) is 5.45. The van der Waals surface area contributed by atoms with Gasteiger partial charge >= 0.3 is 5.97 Å². The highest BCUT2D eigenvalue weighted by Gasteiger charge is 2.26. The largest absolute Gasteiger partial charge is 0.507 e. The van der Waals surface area contributed by atoms with Crippen LogP contribution in [0.25, 0.3) is 0 Å². The van der Waals surface area contributed by atoms with Crippen molar-refractivity contribution in [1.82, 2.24) is 0 Å². The van der Waals surface area contributed by atoms with E-state index in [1.54, 1.807) is 6.92 Å². The lowest BCUT2D eigenvalue weighted by Gasteiger charge is -2.15. The van der Waals surface area contributed by atoms with E-state index in [1.165, 1.54) is 45.4 Å². The van der Waals surface area contributed by atoms with Gasteiger partial charge in [-0.1, -0.05) is 6.92 Å². The monoisotopic (exact) mass is 360 g/mol. The molecule has 7 heteroatoms. The van der Waals surface area contributed by atoms with Crippen LogP contribution in [0.5, 0.6) is 28.7 Å². The van der Waals surface area contributed by atoms with Crippen LogP contribution in [0.1, 0.15) is 35.3 Å². The summed E-state index contributed by atoms with van der Waals surface area (Å²) in [6.45, 7) is 2.93. The van der Waals surface area contributed by atoms with Crippen molar-refractivity contribution >= 4 is 11.8 Å². The van der Waals surface area contributed by atoms with Crippen LogP contribution in [-0.2, 0) is 11.2 Å². The van der Waals surface area contributed by atoms with Crippen LogP contribution in [0.2, 0.25) is 0 Å². The molecule has 138 valence electrons. The van der Waals surface area contributed by atoms with Gasteiger partial charge < -0.3 is 24.4 Å². The first-order valence-electron chi connectivity index (χ1n) is 7.86. The molecule has 0 unspecified atom stereocenters. The number of aryl methyl sites for hydroxylation is 1. The molecule has 26 heavy (non-hydrogen) atoms. The van der Waals surface area contributed by atoms with Gasteiger partial charge in [0.1, 0.15) is 11.3 Å². The number of benzene rings is 2. The Hall–Kier alpha value is -3.22. The smallest absolute Gasteiger partial charge is 0.308 e. The number of rotatable bonds is 6. The van der Waals surface area contributed by atoms with Crippen molar-refractivity contribution in [3.8, 4) is 28.7 Å². The Morgan fingerprint density at radius 2 is 1.62 bits per heavy atom. The summed E-state index contributed by atoms with van der Waals surface area (Å²) >= 11 is 0. The van der Waals surface area contributed by atoms with Crippen LogP contribution in [0.15, 0.2) is 24.3 Å². The van der Waals surface area contributed by atoms with Gasteiger partial charge in [0.2, 0.25) is 5.78 Å². The lowest BCUT2D eigenvalue weighted by atomic mass is 9.97. The van der Waals surface area contributed by atoms with Gasteiger partial charge in [-0.25, -0.2) is 0 Å². The summed E-state index contributed by atoms with van der Waals surface area (Å²) < 4.78 is 15.3. The zero-order chi connectivity index (χ0) is 19.4. The van der Waals surface area contributed by atoms with Crippen LogP contribution < -0.4 is 14.2 Å². The van der Waals surface area contributed by atoms with Gasteiger partial charge in [-0.05, 0) is 36.2 Å². The standard InChI is InChI=1S/C19H20O7/c1-5-11-8-15(26-10(2)20)19(23)16(17(11)21)18(22)12-6-7-13(24-3)14(9-12)25-4/h6-9,21,23H,5H2,1-4H3. The number of phenolic OH excluding ortho intramolecular Hbond substituents is 2. The first kappa shape index (κ1) is 19.1. The molecule has 0 aliphatic rings. The number of aromatic hydroxyl groups is 2. The van der Waals surface area contributed by atoms with Gasteiger partial charge in [0.05, 0.1) is 14.2 Å². The highest BCUT2D eigenvalue weighted by atomic mass is 16.5. The fraction of sp³-hybridized carbons (Fsp3) is 0.263. The minimum absolute atomic E-state index is 0.162. The summed E-state index contributed by atoms with van der Waals surface area (Å²) in [6.07, 6.45) is 0.368. The van der Waals surface area contributed by atoms with E-state index in [-0.39, 0.29) is 22.6 Å². The van der Waals surface area contributed by atoms with Crippen molar-refractivity contribution in [2.24, 2.45) is 0 Å². The van der Waals surface area contributed by atoms with Gasteiger partial charge in [-0.15, -0.1) is 0 Å². The lowest BCUT2D eigenvalue weighted by molar-refractivity contribution is -0.132. The highest BCUT2D eigenvalue weighted by Crippen LogP contribution is 2.41. The molecule has 0 saturated carbocycles. The zero-order valence-electron chi connectivity index (χ0n) is 15.0. The molecule has 0 bridgehead atoms. The van der Waals surface area contributed by atoms with E-state index in [2.05, 4.69) is 0 Å². The highest BCUT2D eigenvalue weighted by molar-refractivity contribution is 6.13. The number of ether oxygens (including phenoxy) is 3. The maximum absolute atomic E-state index is 12.9. The number of phenols is 2. The molecule has 0 aliphatic heterocycles. The Balaban J connectivity index is 2.63. The predicted molar refractivity (Wildman–Crippen MR) is 93.4 cm³/mol. The SMILES string of the molecule is CCc1cc(OC(C)=O)c(O)c(C(=O)c2ccc(OC)c(OC)c2)c1O. The summed E-state index contributed by atoms with van der Waals surface area (Å²) in [7, 11) is 2.89. The second kappa shape index (κ2) is 7.77. The zero-order valence-corrected chi connectivity index (χ0v) is 15.0. The normalized spacial score (nSPS) is 10.3. The fourth-order valence-electron chi connectivity index (χ4n) is 2.53. The third-order valence-corrected chi connectivity index (χ3v) is 3.82. The van der Waals surface area contributed by atoms with E-state index in [0.29, 0.717) is 23.5 Å². The molecule has 2 N–H and O–H groups in total. The van der Waals surface area contributed by atoms with E-state index in [4.69, 9.17) is 14.2 Å². The molecule has 0 aliphatic carbocycles. The van der Waals surface area contributed by atoms with Crippen molar-refractivity contribution in [2.75, 3.05) is 14.2 Å². The first-order valence-corrected chi connectivity index (χ1v) is 7.86. The van der Waals surface area contributed by atoms with Crippen LogP contribution >= 0.6 is 0 Å². The molecule has 0 atom stereocenters. The Labute approximate surface area is 150 Å². The maximum atomic E-state index is 12.9. The van der Waals surface area contributed by atoms with Gasteiger partial charge in [0, 0.05) is 12.5 Å². The third-order valence-electron chi connectivity index (χ3n) is 3.82. The van der Waals surface area contributed by atoms with Crippen LogP contribution in [0.4, 0.5) is 0 Å². The number of hydrogen-bond acceptors (Lipinski definition) is 7. The van der Waals surface area contributed by atoms with Crippen LogP contribution in [0, 0.1) is 0 Å². The average molecular weight is 360 g/mol. The van der Waals surface area contributed by atoms with E-state index in [0.717, 1.165) is 0 Å². The van der Waals surface area contributed by atoms with E-state index in [9.17, 15) is 19.8 Å². The summed E-state index contributed by atoms with van der Waals surface area (Å²) in [6, 6.07) is 5.78. The van der Waals surface area contributed by atoms with Gasteiger partial charge in [0.25, 0.3) is 0 Å². The fourth-order valence-corrected chi connectivity index (χ4v) is 2.53. The van der Waals surface area contributed by atoms with Gasteiger partial charge in [0.15, 0.2) is 23.0 Å². The number of methoxy groups -OCH3 is 2. The lowest BCUT2D eigenvalue weighted by Crippen LogP contribution is -2.08. The molecule has 0 fully saturated rings. The first-order chi connectivity index (χ1) is 12.3. The quantitative estimate of drug-likeness (QED) is 0.464. The summed E-state index contributed by atoms with van der Waals surface area (Å²) in [5.41, 5.74) is 0.186. The molecular weight excluding hydrogens is 340 g/mol. The van der Waals surface area contributed by atoms with Gasteiger partial charge in [-0.2, -0.15) is 0 Å². The Morgan fingerprint density at radius 1 is 0.962 bits per heavy atom. The number of hydrogen-bond donors (Lipinski definition) is 2. The number of ketones is 1. The third kappa shape index (κ3) is 3.56. The van der Waals surface area contributed by atoms with Crippen molar-refractivity contribution < 1.29 is 34.0 Å². The molecule has 0 amide bonds. The molecular formula is C19H20O7. The molecule has 2 aromatic carbocycles. The Bertz CT molecular complexity index is 855. The minimum Gasteiger partial charge on any atom is -0.507 e. The molecule has 0 heterocycles. The number of esters is 1. The molecule has 2 aromatic rings.